The molecule has 19 heavy (non-hydrogen) atoms. The van der Waals surface area contributed by atoms with E-state index in [1.807, 2.05) is 27.7 Å². The number of hydrogen-bond donors (Lipinski definition) is 2. The molecule has 3 atom stereocenters. The van der Waals surface area contributed by atoms with Gasteiger partial charge in [0.15, 0.2) is 0 Å². The van der Waals surface area contributed by atoms with Gasteiger partial charge in [-0.15, -0.1) is 0 Å². The molecule has 0 aromatic rings. The van der Waals surface area contributed by atoms with E-state index in [2.05, 4.69) is 9.71 Å². The van der Waals surface area contributed by atoms with Gasteiger partial charge < -0.3 is 15.0 Å². The number of amides is 1. The maximum absolute atomic E-state index is 12.0. The predicted octanol–water partition coefficient (Wildman–Crippen LogP) is 2.74. The summed E-state index contributed by atoms with van der Waals surface area (Å²) < 4.78 is 15.9. The van der Waals surface area contributed by atoms with Gasteiger partial charge in [-0.1, -0.05) is 10.8 Å². The van der Waals surface area contributed by atoms with Crippen molar-refractivity contribution in [2.24, 2.45) is 10.3 Å². The number of rotatable bonds is 3. The van der Waals surface area contributed by atoms with E-state index in [1.165, 1.54) is 0 Å². The molecule has 1 fully saturated rings. The number of hydrogen-bond acceptors (Lipinski definition) is 3. The van der Waals surface area contributed by atoms with Crippen LogP contribution in [-0.4, -0.2) is 32.3 Å². The maximum Gasteiger partial charge on any atom is 0.404 e. The third-order valence-corrected chi connectivity index (χ3v) is 4.84. The average molecular weight is 288 g/mol. The minimum atomic E-state index is -1.24. The van der Waals surface area contributed by atoms with Crippen LogP contribution < -0.4 is 5.32 Å². The van der Waals surface area contributed by atoms with Crippen LogP contribution in [-0.2, 0) is 11.4 Å². The molecule has 0 saturated heterocycles. The summed E-state index contributed by atoms with van der Waals surface area (Å²) in [4.78, 5) is 10.7. The van der Waals surface area contributed by atoms with E-state index >= 15 is 0 Å². The molecule has 1 aliphatic rings. The molecule has 1 unspecified atom stereocenters. The summed E-state index contributed by atoms with van der Waals surface area (Å²) >= 11 is -1.24. The molecular formula is C13H24N2O3S. The Morgan fingerprint density at radius 1 is 1.42 bits per heavy atom. The van der Waals surface area contributed by atoms with Gasteiger partial charge in [0.1, 0.15) is 16.1 Å². The first-order valence-electron chi connectivity index (χ1n) is 6.67. The van der Waals surface area contributed by atoms with Crippen LogP contribution in [0.15, 0.2) is 4.40 Å². The summed E-state index contributed by atoms with van der Waals surface area (Å²) in [6.07, 6.45) is 2.62. The lowest BCUT2D eigenvalue weighted by Gasteiger charge is -2.29. The van der Waals surface area contributed by atoms with Crippen LogP contribution in [0.4, 0.5) is 4.79 Å². The van der Waals surface area contributed by atoms with Crippen molar-refractivity contribution in [1.29, 1.82) is 0 Å². The van der Waals surface area contributed by atoms with Crippen molar-refractivity contribution in [1.82, 2.24) is 5.32 Å². The predicted molar refractivity (Wildman–Crippen MR) is 77.9 cm³/mol. The lowest BCUT2D eigenvalue weighted by atomic mass is 9.83. The molecule has 2 N–H and O–H groups in total. The molecule has 0 aromatic heterocycles. The monoisotopic (exact) mass is 288 g/mol. The third kappa shape index (κ3) is 5.40. The average Bonchev–Trinajstić information content (AvgIpc) is 2.27. The molecule has 0 spiro atoms. The first-order valence-corrected chi connectivity index (χ1v) is 7.77. The van der Waals surface area contributed by atoms with E-state index in [0.29, 0.717) is 0 Å². The van der Waals surface area contributed by atoms with E-state index in [-0.39, 0.29) is 16.7 Å². The lowest BCUT2D eigenvalue weighted by Crippen LogP contribution is -2.39. The molecule has 0 heterocycles. The number of carboxylic acid groups (broad SMARTS) is 1. The van der Waals surface area contributed by atoms with Crippen LogP contribution in [0.1, 0.15) is 53.4 Å². The standard InChI is InChI=1S/C13H24N2O3S/c1-9(15-19(18)13(2,3)4)10-6-5-7-11(8-10)14-12(16)17/h10-11,14H,5-8H2,1-4H3,(H,16,17)/t10-,11+,19?/m1/s1. The van der Waals surface area contributed by atoms with Crippen molar-refractivity contribution in [3.8, 4) is 0 Å². The topological polar surface area (TPSA) is 84.8 Å². The second kappa shape index (κ2) is 6.61. The fraction of sp³-hybridized carbons (Fsp3) is 0.846. The minimum absolute atomic E-state index is 0.00975. The Bertz CT molecular complexity index is 352. The van der Waals surface area contributed by atoms with E-state index in [4.69, 9.17) is 5.11 Å². The van der Waals surface area contributed by atoms with Crippen molar-refractivity contribution in [2.45, 2.75) is 64.2 Å². The van der Waals surface area contributed by atoms with E-state index in [0.717, 1.165) is 31.4 Å². The zero-order valence-electron chi connectivity index (χ0n) is 12.1. The highest BCUT2D eigenvalue weighted by atomic mass is 32.2. The molecule has 110 valence electrons. The van der Waals surface area contributed by atoms with Crippen LogP contribution in [0.2, 0.25) is 0 Å². The van der Waals surface area contributed by atoms with Crippen LogP contribution >= 0.6 is 0 Å². The zero-order valence-corrected chi connectivity index (χ0v) is 12.9. The Morgan fingerprint density at radius 2 is 2.05 bits per heavy atom. The summed E-state index contributed by atoms with van der Waals surface area (Å²) in [5, 5.41) is 11.3. The molecule has 1 rings (SSSR count). The van der Waals surface area contributed by atoms with Crippen LogP contribution in [0, 0.1) is 5.92 Å². The van der Waals surface area contributed by atoms with Gasteiger partial charge in [0, 0.05) is 12.0 Å². The molecule has 1 aliphatic carbocycles. The van der Waals surface area contributed by atoms with Crippen molar-refractivity contribution >= 4 is 23.2 Å². The van der Waals surface area contributed by atoms with E-state index < -0.39 is 17.5 Å². The minimum Gasteiger partial charge on any atom is -0.591 e. The summed E-state index contributed by atoms with van der Waals surface area (Å²) in [5.41, 5.74) is 0.880. The fourth-order valence-electron chi connectivity index (χ4n) is 2.22. The molecule has 6 heteroatoms. The van der Waals surface area contributed by atoms with Crippen LogP contribution in [0.25, 0.3) is 0 Å². The van der Waals surface area contributed by atoms with Gasteiger partial charge >= 0.3 is 6.09 Å². The first kappa shape index (κ1) is 16.3. The summed E-state index contributed by atoms with van der Waals surface area (Å²) in [7, 11) is 0. The van der Waals surface area contributed by atoms with Crippen molar-refractivity contribution in [3.63, 3.8) is 0 Å². The molecule has 1 amide bonds. The second-order valence-corrected chi connectivity index (χ2v) is 8.01. The second-order valence-electron chi connectivity index (χ2n) is 6.10. The fourth-order valence-corrected chi connectivity index (χ4v) is 2.90. The highest BCUT2D eigenvalue weighted by Gasteiger charge is 2.30. The van der Waals surface area contributed by atoms with Crippen molar-refractivity contribution in [2.75, 3.05) is 0 Å². The zero-order chi connectivity index (χ0) is 14.6. The first-order chi connectivity index (χ1) is 8.70. The molecule has 0 radical (unpaired) electrons. The molecule has 5 nitrogen and oxygen atoms in total. The van der Waals surface area contributed by atoms with Gasteiger partial charge in [-0.3, -0.25) is 0 Å². The summed E-state index contributed by atoms with van der Waals surface area (Å²) in [6.45, 7) is 7.60. The SMILES string of the molecule is CC(=N[S+]([O-])C(C)(C)C)[C@@H]1CCC[C@H](NC(=O)O)C1. The molecular weight excluding hydrogens is 264 g/mol. The number of nitrogens with one attached hydrogen (secondary N) is 1. The molecule has 0 aromatic carbocycles. The quantitative estimate of drug-likeness (QED) is 0.618. The Morgan fingerprint density at radius 3 is 2.58 bits per heavy atom. The Balaban J connectivity index is 2.63. The lowest BCUT2D eigenvalue weighted by molar-refractivity contribution is 0.184. The van der Waals surface area contributed by atoms with E-state index in [9.17, 15) is 9.35 Å². The van der Waals surface area contributed by atoms with Gasteiger partial charge in [0.25, 0.3) is 0 Å². The van der Waals surface area contributed by atoms with Crippen molar-refractivity contribution < 1.29 is 14.5 Å². The Labute approximate surface area is 118 Å². The normalized spacial score (nSPS) is 26.9. The van der Waals surface area contributed by atoms with Crippen LogP contribution in [0.3, 0.4) is 0 Å². The smallest absolute Gasteiger partial charge is 0.404 e. The summed E-state index contributed by atoms with van der Waals surface area (Å²) in [6, 6.07) is -0.00975. The number of carbonyl (C=O) groups is 1. The van der Waals surface area contributed by atoms with Gasteiger partial charge in [-0.05, 0) is 47.0 Å². The highest BCUT2D eigenvalue weighted by molar-refractivity contribution is 7.91. The Hall–Kier alpha value is -0.750. The Kier molecular flexibility index (Phi) is 5.67. The van der Waals surface area contributed by atoms with Crippen molar-refractivity contribution in [3.05, 3.63) is 0 Å². The molecule has 1 saturated carbocycles. The highest BCUT2D eigenvalue weighted by Crippen LogP contribution is 2.27. The van der Waals surface area contributed by atoms with Gasteiger partial charge in [-0.25, -0.2) is 4.79 Å². The number of nitrogens with zero attached hydrogens (tertiary/aromatic N) is 1. The van der Waals surface area contributed by atoms with Gasteiger partial charge in [0.05, 0.1) is 5.71 Å². The molecule has 0 bridgehead atoms. The van der Waals surface area contributed by atoms with Crippen LogP contribution in [0.5, 0.6) is 0 Å². The maximum atomic E-state index is 12.0. The largest absolute Gasteiger partial charge is 0.591 e. The van der Waals surface area contributed by atoms with E-state index in [1.54, 1.807) is 0 Å². The van der Waals surface area contributed by atoms with Gasteiger partial charge in [0.2, 0.25) is 0 Å². The third-order valence-electron chi connectivity index (χ3n) is 3.34. The van der Waals surface area contributed by atoms with Gasteiger partial charge in [-0.2, -0.15) is 0 Å². The molecule has 0 aliphatic heterocycles. The summed E-state index contributed by atoms with van der Waals surface area (Å²) in [5.74, 6) is 0.233.